The van der Waals surface area contributed by atoms with Crippen LogP contribution in [0.3, 0.4) is 0 Å². The normalized spacial score (nSPS) is 17.9. The number of hydrogen-bond acceptors (Lipinski definition) is 2. The van der Waals surface area contributed by atoms with E-state index in [1.54, 1.807) is 0 Å². The van der Waals surface area contributed by atoms with Crippen LogP contribution in [0.5, 0.6) is 5.75 Å². The summed E-state index contributed by atoms with van der Waals surface area (Å²) in [6.07, 6.45) is 9.62. The molecule has 0 aliphatic heterocycles. The number of benzene rings is 1. The number of aliphatic hydroxyl groups is 1. The van der Waals surface area contributed by atoms with Crippen LogP contribution in [0.15, 0.2) is 24.3 Å². The fourth-order valence-electron chi connectivity index (χ4n) is 3.04. The van der Waals surface area contributed by atoms with Gasteiger partial charge in [0.15, 0.2) is 0 Å². The maximum absolute atomic E-state index is 10.3. The van der Waals surface area contributed by atoms with Crippen LogP contribution < -0.4 is 4.74 Å². The summed E-state index contributed by atoms with van der Waals surface area (Å²) in [5.74, 6) is 1.74. The van der Waals surface area contributed by atoms with Crippen LogP contribution in [-0.4, -0.2) is 11.7 Å². The predicted molar refractivity (Wildman–Crippen MR) is 83.0 cm³/mol. The zero-order valence-corrected chi connectivity index (χ0v) is 12.7. The lowest BCUT2D eigenvalue weighted by molar-refractivity contribution is 0.151. The molecule has 2 rings (SSSR count). The first-order chi connectivity index (χ1) is 9.79. The Morgan fingerprint density at radius 2 is 1.85 bits per heavy atom. The summed E-state index contributed by atoms with van der Waals surface area (Å²) < 4.78 is 5.56. The van der Waals surface area contributed by atoms with E-state index >= 15 is 0 Å². The van der Waals surface area contributed by atoms with Crippen molar-refractivity contribution < 1.29 is 9.84 Å². The van der Waals surface area contributed by atoms with Crippen molar-refractivity contribution in [2.75, 3.05) is 6.61 Å². The quantitative estimate of drug-likeness (QED) is 0.770. The SMILES string of the molecule is CCCOc1ccc(C(O)CCC2CCCCC2)cc1. The Kier molecular flexibility index (Phi) is 6.38. The molecule has 2 nitrogen and oxygen atoms in total. The zero-order valence-electron chi connectivity index (χ0n) is 12.7. The smallest absolute Gasteiger partial charge is 0.119 e. The third kappa shape index (κ3) is 4.82. The molecule has 1 aromatic carbocycles. The van der Waals surface area contributed by atoms with Gasteiger partial charge in [-0.15, -0.1) is 0 Å². The van der Waals surface area contributed by atoms with Crippen molar-refractivity contribution in [2.45, 2.75) is 64.4 Å². The van der Waals surface area contributed by atoms with Crippen LogP contribution in [0.4, 0.5) is 0 Å². The van der Waals surface area contributed by atoms with Gasteiger partial charge in [0, 0.05) is 0 Å². The molecule has 0 aromatic heterocycles. The first kappa shape index (κ1) is 15.4. The minimum Gasteiger partial charge on any atom is -0.494 e. The Labute approximate surface area is 123 Å². The molecule has 20 heavy (non-hydrogen) atoms. The third-order valence-corrected chi connectivity index (χ3v) is 4.31. The average Bonchev–Trinajstić information content (AvgIpc) is 2.52. The number of aliphatic hydroxyl groups excluding tert-OH is 1. The van der Waals surface area contributed by atoms with Gasteiger partial charge < -0.3 is 9.84 Å². The van der Waals surface area contributed by atoms with E-state index in [9.17, 15) is 5.11 Å². The number of hydrogen-bond donors (Lipinski definition) is 1. The molecule has 1 aliphatic rings. The van der Waals surface area contributed by atoms with Crippen LogP contribution in [0.1, 0.15) is 70.0 Å². The summed E-state index contributed by atoms with van der Waals surface area (Å²) in [7, 11) is 0. The summed E-state index contributed by atoms with van der Waals surface area (Å²) in [6.45, 7) is 2.85. The minimum absolute atomic E-state index is 0.322. The van der Waals surface area contributed by atoms with E-state index in [1.165, 1.54) is 32.1 Å². The molecule has 2 heteroatoms. The van der Waals surface area contributed by atoms with Gasteiger partial charge in [0.25, 0.3) is 0 Å². The topological polar surface area (TPSA) is 29.5 Å². The first-order valence-corrected chi connectivity index (χ1v) is 8.20. The van der Waals surface area contributed by atoms with Gasteiger partial charge in [0.05, 0.1) is 12.7 Å². The molecule has 0 radical (unpaired) electrons. The van der Waals surface area contributed by atoms with Crippen molar-refractivity contribution in [3.63, 3.8) is 0 Å². The van der Waals surface area contributed by atoms with Crippen molar-refractivity contribution in [2.24, 2.45) is 5.92 Å². The van der Waals surface area contributed by atoms with Gasteiger partial charge in [-0.3, -0.25) is 0 Å². The minimum atomic E-state index is -0.322. The molecule has 112 valence electrons. The van der Waals surface area contributed by atoms with Gasteiger partial charge in [-0.1, -0.05) is 51.2 Å². The van der Waals surface area contributed by atoms with Crippen molar-refractivity contribution in [1.82, 2.24) is 0 Å². The fraction of sp³-hybridized carbons (Fsp3) is 0.667. The molecule has 1 fully saturated rings. The molecule has 0 bridgehead atoms. The van der Waals surface area contributed by atoms with Gasteiger partial charge in [-0.25, -0.2) is 0 Å². The molecule has 0 amide bonds. The highest BCUT2D eigenvalue weighted by Gasteiger charge is 2.16. The molecule has 0 spiro atoms. The van der Waals surface area contributed by atoms with Crippen molar-refractivity contribution in [3.05, 3.63) is 29.8 Å². The Morgan fingerprint density at radius 1 is 1.15 bits per heavy atom. The van der Waals surface area contributed by atoms with E-state index in [0.717, 1.165) is 43.1 Å². The molecule has 0 saturated heterocycles. The Hall–Kier alpha value is -1.02. The molecule has 1 atom stereocenters. The largest absolute Gasteiger partial charge is 0.494 e. The monoisotopic (exact) mass is 276 g/mol. The van der Waals surface area contributed by atoms with Crippen LogP contribution >= 0.6 is 0 Å². The zero-order chi connectivity index (χ0) is 14.2. The second kappa shape index (κ2) is 8.31. The van der Waals surface area contributed by atoms with Gasteiger partial charge in [-0.05, 0) is 42.9 Å². The van der Waals surface area contributed by atoms with E-state index in [4.69, 9.17) is 4.74 Å². The van der Waals surface area contributed by atoms with Crippen LogP contribution in [-0.2, 0) is 0 Å². The number of ether oxygens (including phenoxy) is 1. The lowest BCUT2D eigenvalue weighted by Crippen LogP contribution is -2.08. The highest BCUT2D eigenvalue weighted by Crippen LogP contribution is 2.30. The molecule has 1 aliphatic carbocycles. The summed E-state index contributed by atoms with van der Waals surface area (Å²) in [6, 6.07) is 7.93. The average molecular weight is 276 g/mol. The summed E-state index contributed by atoms with van der Waals surface area (Å²) in [4.78, 5) is 0. The number of rotatable bonds is 7. The third-order valence-electron chi connectivity index (χ3n) is 4.31. The Balaban J connectivity index is 1.77. The van der Waals surface area contributed by atoms with E-state index < -0.39 is 0 Å². The lowest BCUT2D eigenvalue weighted by Gasteiger charge is -2.22. The maximum Gasteiger partial charge on any atom is 0.119 e. The molecule has 1 N–H and O–H groups in total. The molecule has 1 unspecified atom stereocenters. The summed E-state index contributed by atoms with van der Waals surface area (Å²) in [5.41, 5.74) is 1.02. The molecule has 0 heterocycles. The maximum atomic E-state index is 10.3. The van der Waals surface area contributed by atoms with Gasteiger partial charge in [-0.2, -0.15) is 0 Å². The standard InChI is InChI=1S/C18H28O2/c1-2-14-20-17-11-9-16(10-12-17)18(19)13-8-15-6-4-3-5-7-15/h9-12,15,18-19H,2-8,13-14H2,1H3. The van der Waals surface area contributed by atoms with Crippen molar-refractivity contribution in [3.8, 4) is 5.75 Å². The van der Waals surface area contributed by atoms with E-state index in [-0.39, 0.29) is 6.10 Å². The van der Waals surface area contributed by atoms with E-state index in [2.05, 4.69) is 6.92 Å². The molecule has 1 aromatic rings. The summed E-state index contributed by atoms with van der Waals surface area (Å²) in [5, 5.41) is 10.3. The Morgan fingerprint density at radius 3 is 2.50 bits per heavy atom. The van der Waals surface area contributed by atoms with Crippen molar-refractivity contribution in [1.29, 1.82) is 0 Å². The molecular weight excluding hydrogens is 248 g/mol. The lowest BCUT2D eigenvalue weighted by atomic mass is 9.85. The molecular formula is C18H28O2. The first-order valence-electron chi connectivity index (χ1n) is 8.20. The predicted octanol–water partition coefficient (Wildman–Crippen LogP) is 4.87. The second-order valence-corrected chi connectivity index (χ2v) is 6.01. The summed E-state index contributed by atoms with van der Waals surface area (Å²) >= 11 is 0. The second-order valence-electron chi connectivity index (χ2n) is 6.01. The van der Waals surface area contributed by atoms with E-state index in [0.29, 0.717) is 0 Å². The van der Waals surface area contributed by atoms with E-state index in [1.807, 2.05) is 24.3 Å². The molecule has 1 saturated carbocycles. The van der Waals surface area contributed by atoms with Gasteiger partial charge in [0.2, 0.25) is 0 Å². The highest BCUT2D eigenvalue weighted by atomic mass is 16.5. The van der Waals surface area contributed by atoms with Crippen molar-refractivity contribution >= 4 is 0 Å². The Bertz CT molecular complexity index is 366. The van der Waals surface area contributed by atoms with Gasteiger partial charge >= 0.3 is 0 Å². The highest BCUT2D eigenvalue weighted by molar-refractivity contribution is 5.28. The van der Waals surface area contributed by atoms with Crippen LogP contribution in [0, 0.1) is 5.92 Å². The fourth-order valence-corrected chi connectivity index (χ4v) is 3.04. The van der Waals surface area contributed by atoms with Crippen LogP contribution in [0.25, 0.3) is 0 Å². The van der Waals surface area contributed by atoms with Crippen LogP contribution in [0.2, 0.25) is 0 Å². The van der Waals surface area contributed by atoms with Gasteiger partial charge in [0.1, 0.15) is 5.75 Å².